The molecular weight excluding hydrogens is 240 g/mol. The highest BCUT2D eigenvalue weighted by Crippen LogP contribution is 2.36. The Hall–Kier alpha value is -2.55. The maximum Gasteiger partial charge on any atom is 0.328 e. The Labute approximate surface area is 110 Å². The Morgan fingerprint density at radius 1 is 1.05 bits per heavy atom. The zero-order valence-corrected chi connectivity index (χ0v) is 10.2. The molecule has 0 aromatic heterocycles. The fourth-order valence-electron chi connectivity index (χ4n) is 2.30. The first-order chi connectivity index (χ1) is 9.25. The third-order valence-corrected chi connectivity index (χ3v) is 3.14. The summed E-state index contributed by atoms with van der Waals surface area (Å²) in [5, 5.41) is 9.09. The average molecular weight is 252 g/mol. The van der Waals surface area contributed by atoms with Gasteiger partial charge in [-0.2, -0.15) is 0 Å². The third kappa shape index (κ3) is 2.10. The molecule has 0 spiro atoms. The summed E-state index contributed by atoms with van der Waals surface area (Å²) in [6.45, 7) is 0.449. The number of carboxylic acid groups (broad SMARTS) is 1. The molecule has 3 heteroatoms. The lowest BCUT2D eigenvalue weighted by Crippen LogP contribution is -1.96. The van der Waals surface area contributed by atoms with Crippen LogP contribution in [-0.4, -0.2) is 11.1 Å². The molecule has 1 heterocycles. The van der Waals surface area contributed by atoms with Crippen molar-refractivity contribution in [2.75, 3.05) is 0 Å². The molecule has 2 aromatic rings. The summed E-state index contributed by atoms with van der Waals surface area (Å²) in [6, 6.07) is 15.2. The van der Waals surface area contributed by atoms with Crippen molar-refractivity contribution in [3.8, 4) is 5.75 Å². The minimum Gasteiger partial charge on any atom is -0.488 e. The van der Waals surface area contributed by atoms with Crippen LogP contribution in [-0.2, 0) is 11.4 Å². The van der Waals surface area contributed by atoms with Crippen molar-refractivity contribution in [2.45, 2.75) is 6.61 Å². The van der Waals surface area contributed by atoms with Crippen LogP contribution in [0.2, 0.25) is 0 Å². The second-order valence-electron chi connectivity index (χ2n) is 4.34. The molecule has 0 radical (unpaired) electrons. The molecule has 3 rings (SSSR count). The average Bonchev–Trinajstić information content (AvgIpc) is 2.57. The van der Waals surface area contributed by atoms with Crippen LogP contribution in [0.5, 0.6) is 5.75 Å². The number of ether oxygens (including phenoxy) is 1. The maximum absolute atomic E-state index is 11.1. The summed E-state index contributed by atoms with van der Waals surface area (Å²) in [6.07, 6.45) is 1.24. The smallest absolute Gasteiger partial charge is 0.328 e. The molecule has 1 aliphatic heterocycles. The van der Waals surface area contributed by atoms with Crippen LogP contribution in [0.1, 0.15) is 16.7 Å². The summed E-state index contributed by atoms with van der Waals surface area (Å²) in [4.78, 5) is 11.1. The Bertz CT molecular complexity index is 622. The van der Waals surface area contributed by atoms with Crippen LogP contribution < -0.4 is 4.74 Å². The second kappa shape index (κ2) is 4.61. The van der Waals surface area contributed by atoms with E-state index < -0.39 is 5.97 Å². The van der Waals surface area contributed by atoms with Gasteiger partial charge in [-0.25, -0.2) is 4.79 Å². The van der Waals surface area contributed by atoms with E-state index in [1.807, 2.05) is 48.5 Å². The van der Waals surface area contributed by atoms with E-state index in [4.69, 9.17) is 9.84 Å². The summed E-state index contributed by atoms with van der Waals surface area (Å²) < 4.78 is 5.75. The lowest BCUT2D eigenvalue weighted by atomic mass is 9.94. The molecule has 0 atom stereocenters. The standard InChI is InChI=1S/C16H12O3/c17-16(18)9-14-12-6-2-1-5-11(12)10-19-15-8-4-3-7-13(14)15/h1-9H,10H2,(H,17,18)/b14-9-. The van der Waals surface area contributed by atoms with Gasteiger partial charge in [0, 0.05) is 17.2 Å². The maximum atomic E-state index is 11.1. The van der Waals surface area contributed by atoms with Gasteiger partial charge >= 0.3 is 5.97 Å². The second-order valence-corrected chi connectivity index (χ2v) is 4.34. The molecule has 2 aromatic carbocycles. The lowest BCUT2D eigenvalue weighted by molar-refractivity contribution is -0.131. The van der Waals surface area contributed by atoms with Crippen molar-refractivity contribution in [3.63, 3.8) is 0 Å². The summed E-state index contributed by atoms with van der Waals surface area (Å²) in [7, 11) is 0. The number of carbonyl (C=O) groups is 1. The number of hydrogen-bond acceptors (Lipinski definition) is 2. The van der Waals surface area contributed by atoms with Crippen molar-refractivity contribution >= 4 is 11.5 Å². The first kappa shape index (κ1) is 11.5. The summed E-state index contributed by atoms with van der Waals surface area (Å²) in [5.41, 5.74) is 3.41. The van der Waals surface area contributed by atoms with E-state index in [1.165, 1.54) is 6.08 Å². The highest BCUT2D eigenvalue weighted by atomic mass is 16.5. The Kier molecular flexibility index (Phi) is 2.80. The minimum atomic E-state index is -0.957. The molecule has 0 bridgehead atoms. The van der Waals surface area contributed by atoms with Gasteiger partial charge in [0.1, 0.15) is 12.4 Å². The van der Waals surface area contributed by atoms with E-state index >= 15 is 0 Å². The van der Waals surface area contributed by atoms with Crippen LogP contribution in [0.15, 0.2) is 54.6 Å². The SMILES string of the molecule is O=C(O)/C=C1/c2ccccc2COc2ccccc21. The van der Waals surface area contributed by atoms with Crippen LogP contribution in [0.25, 0.3) is 5.57 Å². The van der Waals surface area contributed by atoms with E-state index in [9.17, 15) is 4.79 Å². The topological polar surface area (TPSA) is 46.5 Å². The molecule has 0 aliphatic carbocycles. The predicted octanol–water partition coefficient (Wildman–Crippen LogP) is 3.10. The quantitative estimate of drug-likeness (QED) is 0.793. The predicted molar refractivity (Wildman–Crippen MR) is 71.9 cm³/mol. The van der Waals surface area contributed by atoms with Crippen molar-refractivity contribution in [1.29, 1.82) is 0 Å². The van der Waals surface area contributed by atoms with E-state index in [-0.39, 0.29) is 0 Å². The van der Waals surface area contributed by atoms with E-state index in [0.717, 1.165) is 16.7 Å². The number of rotatable bonds is 1. The van der Waals surface area contributed by atoms with Crippen LogP contribution in [0, 0.1) is 0 Å². The Morgan fingerprint density at radius 2 is 1.74 bits per heavy atom. The van der Waals surface area contributed by atoms with Crippen molar-refractivity contribution < 1.29 is 14.6 Å². The normalized spacial score (nSPS) is 15.1. The summed E-state index contributed by atoms with van der Waals surface area (Å²) in [5.74, 6) is -0.243. The highest BCUT2D eigenvalue weighted by molar-refractivity contribution is 5.97. The molecule has 0 saturated carbocycles. The molecule has 19 heavy (non-hydrogen) atoms. The molecule has 0 fully saturated rings. The number of para-hydroxylation sites is 1. The van der Waals surface area contributed by atoms with Crippen molar-refractivity contribution in [2.24, 2.45) is 0 Å². The van der Waals surface area contributed by atoms with Gasteiger partial charge in [-0.3, -0.25) is 0 Å². The molecule has 1 N–H and O–H groups in total. The first-order valence-electron chi connectivity index (χ1n) is 6.01. The van der Waals surface area contributed by atoms with Crippen molar-refractivity contribution in [3.05, 3.63) is 71.3 Å². The Balaban J connectivity index is 2.28. The molecule has 0 unspecified atom stereocenters. The first-order valence-corrected chi connectivity index (χ1v) is 6.01. The largest absolute Gasteiger partial charge is 0.488 e. The fraction of sp³-hybridized carbons (Fsp3) is 0.0625. The monoisotopic (exact) mass is 252 g/mol. The molecule has 3 nitrogen and oxygen atoms in total. The van der Waals surface area contributed by atoms with Gasteiger partial charge in [0.2, 0.25) is 0 Å². The van der Waals surface area contributed by atoms with Crippen LogP contribution in [0.3, 0.4) is 0 Å². The number of fused-ring (bicyclic) bond motifs is 2. The van der Waals surface area contributed by atoms with Crippen LogP contribution >= 0.6 is 0 Å². The molecule has 0 amide bonds. The molecular formula is C16H12O3. The lowest BCUT2D eigenvalue weighted by Gasteiger charge is -2.08. The Morgan fingerprint density at radius 3 is 2.53 bits per heavy atom. The molecule has 94 valence electrons. The van der Waals surface area contributed by atoms with E-state index in [2.05, 4.69) is 0 Å². The number of carboxylic acids is 1. The fourth-order valence-corrected chi connectivity index (χ4v) is 2.30. The highest BCUT2D eigenvalue weighted by Gasteiger charge is 2.19. The summed E-state index contributed by atoms with van der Waals surface area (Å²) >= 11 is 0. The molecule has 0 saturated heterocycles. The van der Waals surface area contributed by atoms with Gasteiger partial charge in [0.05, 0.1) is 0 Å². The zero-order valence-electron chi connectivity index (χ0n) is 10.2. The van der Waals surface area contributed by atoms with Crippen LogP contribution in [0.4, 0.5) is 0 Å². The third-order valence-electron chi connectivity index (χ3n) is 3.14. The van der Waals surface area contributed by atoms with Crippen molar-refractivity contribution in [1.82, 2.24) is 0 Å². The molecule has 1 aliphatic rings. The number of aliphatic carboxylic acids is 1. The van der Waals surface area contributed by atoms with Gasteiger partial charge in [0.25, 0.3) is 0 Å². The van der Waals surface area contributed by atoms with Gasteiger partial charge in [-0.05, 0) is 17.2 Å². The number of benzene rings is 2. The van der Waals surface area contributed by atoms with Gasteiger partial charge in [-0.15, -0.1) is 0 Å². The van der Waals surface area contributed by atoms with Gasteiger partial charge in [-0.1, -0.05) is 42.5 Å². The van der Waals surface area contributed by atoms with Gasteiger partial charge < -0.3 is 9.84 Å². The van der Waals surface area contributed by atoms with Gasteiger partial charge in [0.15, 0.2) is 0 Å². The van der Waals surface area contributed by atoms with E-state index in [1.54, 1.807) is 0 Å². The van der Waals surface area contributed by atoms with E-state index in [0.29, 0.717) is 17.9 Å². The zero-order chi connectivity index (χ0) is 13.2. The number of hydrogen-bond donors (Lipinski definition) is 1. The minimum absolute atomic E-state index is 0.449.